The molecular weight excluding hydrogens is 384 g/mol. The van der Waals surface area contributed by atoms with E-state index in [0.717, 1.165) is 4.68 Å². The molecule has 0 amide bonds. The molecule has 2 aromatic carbocycles. The largest absolute Gasteiger partial charge is 0.497 e. The maximum absolute atomic E-state index is 10.8. The van der Waals surface area contributed by atoms with Crippen molar-refractivity contribution in [3.8, 4) is 22.9 Å². The highest BCUT2D eigenvalue weighted by atomic mass is 32.1. The fourth-order valence-electron chi connectivity index (χ4n) is 2.36. The average Bonchev–Trinajstić information content (AvgIpc) is 3.03. The Balaban J connectivity index is 2.07. The summed E-state index contributed by atoms with van der Waals surface area (Å²) in [6.07, 6.45) is 0. The minimum Gasteiger partial charge on any atom is -0.497 e. The molecule has 10 nitrogen and oxygen atoms in total. The number of methoxy groups -OCH3 is 1. The molecular formula is C17H14N6O4S. The van der Waals surface area contributed by atoms with Crippen molar-refractivity contribution in [1.29, 1.82) is 0 Å². The van der Waals surface area contributed by atoms with Crippen molar-refractivity contribution < 1.29 is 14.8 Å². The van der Waals surface area contributed by atoms with Crippen LogP contribution in [0, 0.1) is 10.1 Å². The van der Waals surface area contributed by atoms with Gasteiger partial charge in [0.25, 0.3) is 5.69 Å². The zero-order valence-electron chi connectivity index (χ0n) is 14.5. The second kappa shape index (κ2) is 7.80. The minimum absolute atomic E-state index is 0.0180. The molecule has 1 heterocycles. The van der Waals surface area contributed by atoms with Crippen LogP contribution in [-0.2, 0) is 0 Å². The zero-order chi connectivity index (χ0) is 20.3. The normalized spacial score (nSPS) is 10.9. The van der Waals surface area contributed by atoms with Crippen LogP contribution in [0.15, 0.2) is 58.8 Å². The number of benzene rings is 2. The minimum atomic E-state index is -0.516. The molecule has 142 valence electrons. The summed E-state index contributed by atoms with van der Waals surface area (Å²) in [7, 11) is 1.53. The van der Waals surface area contributed by atoms with Crippen LogP contribution in [0.4, 0.5) is 17.1 Å². The highest BCUT2D eigenvalue weighted by molar-refractivity contribution is 7.80. The lowest BCUT2D eigenvalue weighted by atomic mass is 10.1. The molecule has 28 heavy (non-hydrogen) atoms. The molecule has 0 saturated carbocycles. The number of aromatic hydroxyl groups is 1. The standard InChI is InChI=1S/C17H14N6O4S/c1-27-13-4-2-3-11(9-13)19-20-15-14(21-22(16(15)24)17(18)28)10-5-7-12(8-6-10)23(25)26/h2-9,24H,1H3,(H2,18,28)/b20-19+. The number of thiocarbonyl (C=S) groups is 1. The van der Waals surface area contributed by atoms with Gasteiger partial charge in [-0.3, -0.25) is 10.1 Å². The molecule has 0 spiro atoms. The van der Waals surface area contributed by atoms with Gasteiger partial charge in [-0.15, -0.1) is 5.11 Å². The van der Waals surface area contributed by atoms with Crippen molar-refractivity contribution in [2.24, 2.45) is 16.0 Å². The lowest BCUT2D eigenvalue weighted by molar-refractivity contribution is -0.384. The Labute approximate surface area is 164 Å². The van der Waals surface area contributed by atoms with Crippen LogP contribution in [0.2, 0.25) is 0 Å². The summed E-state index contributed by atoms with van der Waals surface area (Å²) in [4.78, 5) is 10.3. The van der Waals surface area contributed by atoms with Crippen LogP contribution in [0.25, 0.3) is 11.3 Å². The van der Waals surface area contributed by atoms with Crippen LogP contribution in [0.5, 0.6) is 11.6 Å². The Morgan fingerprint density at radius 3 is 2.61 bits per heavy atom. The fourth-order valence-corrected chi connectivity index (χ4v) is 2.49. The van der Waals surface area contributed by atoms with Crippen LogP contribution in [0.3, 0.4) is 0 Å². The first-order chi connectivity index (χ1) is 13.4. The molecule has 3 aromatic rings. The topological polar surface area (TPSA) is 141 Å². The van der Waals surface area contributed by atoms with Gasteiger partial charge in [-0.2, -0.15) is 14.9 Å². The number of nitro benzene ring substituents is 1. The Bertz CT molecular complexity index is 1080. The number of nitrogens with zero attached hydrogens (tertiary/aromatic N) is 5. The predicted molar refractivity (Wildman–Crippen MR) is 105 cm³/mol. The quantitative estimate of drug-likeness (QED) is 0.289. The molecule has 0 saturated heterocycles. The van der Waals surface area contributed by atoms with E-state index in [1.165, 1.54) is 31.4 Å². The molecule has 0 aliphatic rings. The van der Waals surface area contributed by atoms with Gasteiger partial charge in [0.1, 0.15) is 11.4 Å². The number of hydrogen-bond acceptors (Lipinski definition) is 8. The third-order valence-corrected chi connectivity index (χ3v) is 3.89. The molecule has 0 aliphatic heterocycles. The molecule has 0 fully saturated rings. The van der Waals surface area contributed by atoms with E-state index < -0.39 is 10.8 Å². The van der Waals surface area contributed by atoms with Gasteiger partial charge in [-0.25, -0.2) is 0 Å². The lowest BCUT2D eigenvalue weighted by Gasteiger charge is -2.00. The van der Waals surface area contributed by atoms with Gasteiger partial charge in [-0.05, 0) is 36.5 Å². The molecule has 0 aliphatic carbocycles. The average molecular weight is 398 g/mol. The van der Waals surface area contributed by atoms with Crippen LogP contribution in [-0.4, -0.2) is 32.0 Å². The van der Waals surface area contributed by atoms with Crippen LogP contribution < -0.4 is 10.5 Å². The third-order valence-electron chi connectivity index (χ3n) is 3.72. The first-order valence-electron chi connectivity index (χ1n) is 7.83. The molecule has 3 rings (SSSR count). The van der Waals surface area contributed by atoms with Crippen molar-refractivity contribution >= 4 is 34.4 Å². The number of non-ortho nitro benzene ring substituents is 1. The molecule has 0 atom stereocenters. The lowest BCUT2D eigenvalue weighted by Crippen LogP contribution is -2.19. The van der Waals surface area contributed by atoms with Gasteiger partial charge in [0.2, 0.25) is 5.88 Å². The van der Waals surface area contributed by atoms with Gasteiger partial charge in [0.15, 0.2) is 10.8 Å². The molecule has 0 bridgehead atoms. The number of hydrogen-bond donors (Lipinski definition) is 2. The first-order valence-corrected chi connectivity index (χ1v) is 8.24. The van der Waals surface area contributed by atoms with E-state index in [0.29, 0.717) is 17.0 Å². The smallest absolute Gasteiger partial charge is 0.269 e. The molecule has 0 radical (unpaired) electrons. The Hall–Kier alpha value is -3.86. The number of nitro groups is 1. The molecule has 1 aromatic heterocycles. The summed E-state index contributed by atoms with van der Waals surface area (Å²) < 4.78 is 6.07. The van der Waals surface area contributed by atoms with Gasteiger partial charge < -0.3 is 15.6 Å². The van der Waals surface area contributed by atoms with Crippen molar-refractivity contribution in [2.45, 2.75) is 0 Å². The molecule has 0 unspecified atom stereocenters. The SMILES string of the molecule is COc1cccc(/N=N/c2c(-c3ccc([N+](=O)[O-])cc3)nn(C(N)=S)c2O)c1. The fraction of sp³-hybridized carbons (Fsp3) is 0.0588. The van der Waals surface area contributed by atoms with E-state index in [-0.39, 0.29) is 22.2 Å². The highest BCUT2D eigenvalue weighted by Crippen LogP contribution is 2.39. The van der Waals surface area contributed by atoms with E-state index >= 15 is 0 Å². The monoisotopic (exact) mass is 398 g/mol. The van der Waals surface area contributed by atoms with Gasteiger partial charge in [-0.1, -0.05) is 6.07 Å². The predicted octanol–water partition coefficient (Wildman–Crippen LogP) is 3.68. The molecule has 11 heteroatoms. The number of nitrogens with two attached hydrogens (primary N) is 1. The van der Waals surface area contributed by atoms with Crippen molar-refractivity contribution in [3.05, 3.63) is 58.6 Å². The number of ether oxygens (including phenoxy) is 1. The summed E-state index contributed by atoms with van der Waals surface area (Å²) in [5.41, 5.74) is 6.68. The van der Waals surface area contributed by atoms with Gasteiger partial charge in [0, 0.05) is 23.8 Å². The summed E-state index contributed by atoms with van der Waals surface area (Å²) in [6, 6.07) is 12.4. The van der Waals surface area contributed by atoms with Crippen LogP contribution in [0.1, 0.15) is 0 Å². The number of aromatic nitrogens is 2. The summed E-state index contributed by atoms with van der Waals surface area (Å²) in [5.74, 6) is 0.197. The zero-order valence-corrected chi connectivity index (χ0v) is 15.3. The second-order valence-corrected chi connectivity index (χ2v) is 5.89. The van der Waals surface area contributed by atoms with E-state index in [4.69, 9.17) is 22.7 Å². The Morgan fingerprint density at radius 1 is 1.29 bits per heavy atom. The molecule has 3 N–H and O–H groups in total. The van der Waals surface area contributed by atoms with E-state index in [1.807, 2.05) is 0 Å². The maximum atomic E-state index is 10.8. The highest BCUT2D eigenvalue weighted by Gasteiger charge is 2.21. The first kappa shape index (κ1) is 18.9. The van der Waals surface area contributed by atoms with E-state index in [1.54, 1.807) is 24.3 Å². The van der Waals surface area contributed by atoms with Gasteiger partial charge >= 0.3 is 0 Å². The van der Waals surface area contributed by atoms with E-state index in [2.05, 4.69) is 15.3 Å². The Morgan fingerprint density at radius 2 is 2.00 bits per heavy atom. The summed E-state index contributed by atoms with van der Waals surface area (Å²) in [6.45, 7) is 0. The summed E-state index contributed by atoms with van der Waals surface area (Å²) in [5, 5.41) is 33.4. The van der Waals surface area contributed by atoms with E-state index in [9.17, 15) is 15.2 Å². The second-order valence-electron chi connectivity index (χ2n) is 5.48. The number of azo groups is 1. The number of rotatable bonds is 5. The van der Waals surface area contributed by atoms with Crippen molar-refractivity contribution in [2.75, 3.05) is 7.11 Å². The summed E-state index contributed by atoms with van der Waals surface area (Å²) >= 11 is 4.88. The van der Waals surface area contributed by atoms with Crippen molar-refractivity contribution in [1.82, 2.24) is 9.78 Å². The Kier molecular flexibility index (Phi) is 5.27. The van der Waals surface area contributed by atoms with Crippen molar-refractivity contribution in [3.63, 3.8) is 0 Å². The maximum Gasteiger partial charge on any atom is 0.269 e. The third kappa shape index (κ3) is 3.78. The van der Waals surface area contributed by atoms with Crippen LogP contribution >= 0.6 is 12.2 Å². The van der Waals surface area contributed by atoms with Gasteiger partial charge in [0.05, 0.1) is 17.7 Å².